The Labute approximate surface area is 178 Å². The zero-order chi connectivity index (χ0) is 21.0. The Hall–Kier alpha value is -2.64. The van der Waals surface area contributed by atoms with Crippen LogP contribution in [0.15, 0.2) is 30.6 Å². The van der Waals surface area contributed by atoms with E-state index in [1.165, 1.54) is 11.6 Å². The van der Waals surface area contributed by atoms with Crippen molar-refractivity contribution < 1.29 is 4.39 Å². The minimum Gasteiger partial charge on any atom is -0.337 e. The SMILES string of the molecule is Cc1cn2cc(Nc3n[nH]c4cc(C5C[C@@H](C)N[C@@H](C)C5)cc(Cl)c34)cc(F)c2n1. The van der Waals surface area contributed by atoms with E-state index in [2.05, 4.69) is 45.7 Å². The van der Waals surface area contributed by atoms with Gasteiger partial charge in [0, 0.05) is 30.5 Å². The highest BCUT2D eigenvalue weighted by Gasteiger charge is 2.25. The summed E-state index contributed by atoms with van der Waals surface area (Å²) in [4.78, 5) is 4.19. The lowest BCUT2D eigenvalue weighted by Crippen LogP contribution is -2.41. The molecule has 4 aromatic rings. The second-order valence-electron chi connectivity index (χ2n) is 8.45. The summed E-state index contributed by atoms with van der Waals surface area (Å²) < 4.78 is 16.1. The number of nitrogens with zero attached hydrogens (tertiary/aromatic N) is 3. The second kappa shape index (κ2) is 7.25. The Morgan fingerprint density at radius 1 is 1.17 bits per heavy atom. The van der Waals surface area contributed by atoms with E-state index < -0.39 is 5.82 Å². The smallest absolute Gasteiger partial charge is 0.173 e. The van der Waals surface area contributed by atoms with Gasteiger partial charge in [-0.1, -0.05) is 11.6 Å². The Balaban J connectivity index is 1.49. The number of rotatable bonds is 3. The van der Waals surface area contributed by atoms with E-state index in [1.54, 1.807) is 16.8 Å². The van der Waals surface area contributed by atoms with Crippen molar-refractivity contribution in [1.29, 1.82) is 0 Å². The maximum absolute atomic E-state index is 14.4. The molecule has 0 radical (unpaired) electrons. The van der Waals surface area contributed by atoms with Crippen molar-refractivity contribution in [3.05, 3.63) is 52.7 Å². The van der Waals surface area contributed by atoms with Gasteiger partial charge in [0.05, 0.1) is 27.3 Å². The van der Waals surface area contributed by atoms with Crippen molar-refractivity contribution in [1.82, 2.24) is 24.9 Å². The van der Waals surface area contributed by atoms with Crippen LogP contribution in [0.4, 0.5) is 15.9 Å². The van der Waals surface area contributed by atoms with Crippen LogP contribution in [0.25, 0.3) is 16.6 Å². The number of piperidine rings is 1. The number of aromatic amines is 1. The third-order valence-electron chi connectivity index (χ3n) is 5.84. The molecule has 4 heterocycles. The molecule has 0 bridgehead atoms. The molecule has 156 valence electrons. The molecular weight excluding hydrogens is 403 g/mol. The maximum Gasteiger partial charge on any atom is 0.173 e. The van der Waals surface area contributed by atoms with Crippen LogP contribution in [-0.4, -0.2) is 31.7 Å². The Kier molecular flexibility index (Phi) is 4.67. The summed E-state index contributed by atoms with van der Waals surface area (Å²) in [6, 6.07) is 6.55. The number of hydrogen-bond donors (Lipinski definition) is 3. The van der Waals surface area contributed by atoms with Crippen LogP contribution in [-0.2, 0) is 0 Å². The van der Waals surface area contributed by atoms with Gasteiger partial charge in [0.1, 0.15) is 0 Å². The van der Waals surface area contributed by atoms with Crippen LogP contribution in [0.2, 0.25) is 5.02 Å². The van der Waals surface area contributed by atoms with Gasteiger partial charge >= 0.3 is 0 Å². The molecule has 0 saturated carbocycles. The molecule has 1 fully saturated rings. The Morgan fingerprint density at radius 3 is 2.70 bits per heavy atom. The van der Waals surface area contributed by atoms with E-state index in [9.17, 15) is 4.39 Å². The summed E-state index contributed by atoms with van der Waals surface area (Å²) in [5.41, 5.74) is 3.74. The molecule has 5 rings (SSSR count). The summed E-state index contributed by atoms with van der Waals surface area (Å²) in [7, 11) is 0. The number of aryl methyl sites for hydroxylation is 1. The van der Waals surface area contributed by atoms with Crippen molar-refractivity contribution in [2.24, 2.45) is 0 Å². The largest absolute Gasteiger partial charge is 0.337 e. The lowest BCUT2D eigenvalue weighted by atomic mass is 9.83. The molecule has 1 aliphatic heterocycles. The van der Waals surface area contributed by atoms with Gasteiger partial charge in [-0.15, -0.1) is 0 Å². The van der Waals surface area contributed by atoms with Gasteiger partial charge in [0.25, 0.3) is 0 Å². The molecule has 0 amide bonds. The van der Waals surface area contributed by atoms with Crippen LogP contribution in [0.1, 0.15) is 43.9 Å². The third kappa shape index (κ3) is 3.42. The van der Waals surface area contributed by atoms with E-state index in [0.717, 1.165) is 29.4 Å². The number of benzene rings is 1. The van der Waals surface area contributed by atoms with Gasteiger partial charge in [-0.05, 0) is 57.2 Å². The van der Waals surface area contributed by atoms with Crippen LogP contribution in [0.3, 0.4) is 0 Å². The molecule has 3 atom stereocenters. The number of fused-ring (bicyclic) bond motifs is 2. The predicted molar refractivity (Wildman–Crippen MR) is 118 cm³/mol. The zero-order valence-electron chi connectivity index (χ0n) is 17.1. The van der Waals surface area contributed by atoms with Crippen molar-refractivity contribution >= 4 is 39.7 Å². The second-order valence-corrected chi connectivity index (χ2v) is 8.86. The van der Waals surface area contributed by atoms with E-state index in [0.29, 0.717) is 40.2 Å². The summed E-state index contributed by atoms with van der Waals surface area (Å²) >= 11 is 6.69. The number of imidazole rings is 1. The summed E-state index contributed by atoms with van der Waals surface area (Å²) in [6.07, 6.45) is 5.73. The van der Waals surface area contributed by atoms with Gasteiger partial charge < -0.3 is 15.0 Å². The molecule has 0 spiro atoms. The first-order chi connectivity index (χ1) is 14.4. The van der Waals surface area contributed by atoms with Crippen LogP contribution in [0, 0.1) is 12.7 Å². The van der Waals surface area contributed by atoms with Crippen LogP contribution in [0.5, 0.6) is 0 Å². The van der Waals surface area contributed by atoms with Crippen molar-refractivity contribution in [2.45, 2.75) is 51.6 Å². The quantitative estimate of drug-likeness (QED) is 0.415. The lowest BCUT2D eigenvalue weighted by molar-refractivity contribution is 0.317. The fourth-order valence-electron chi connectivity index (χ4n) is 4.68. The van der Waals surface area contributed by atoms with Gasteiger partial charge in [-0.25, -0.2) is 9.37 Å². The minimum atomic E-state index is -0.393. The first-order valence-corrected chi connectivity index (χ1v) is 10.6. The molecule has 1 unspecified atom stereocenters. The van der Waals surface area contributed by atoms with Crippen LogP contribution >= 0.6 is 11.6 Å². The summed E-state index contributed by atoms with van der Waals surface area (Å²) in [5, 5.41) is 15.7. The number of anilines is 2. The number of H-pyrrole nitrogens is 1. The van der Waals surface area contributed by atoms with Gasteiger partial charge in [0.2, 0.25) is 0 Å². The normalized spacial score (nSPS) is 22.1. The Morgan fingerprint density at radius 2 is 1.93 bits per heavy atom. The highest BCUT2D eigenvalue weighted by Crippen LogP contribution is 2.37. The van der Waals surface area contributed by atoms with Crippen molar-refractivity contribution in [3.63, 3.8) is 0 Å². The number of halogens is 2. The molecule has 6 nitrogen and oxygen atoms in total. The van der Waals surface area contributed by atoms with Crippen molar-refractivity contribution in [3.8, 4) is 0 Å². The average molecular weight is 427 g/mol. The van der Waals surface area contributed by atoms with E-state index in [-0.39, 0.29) is 0 Å². The molecule has 3 aromatic heterocycles. The van der Waals surface area contributed by atoms with Crippen LogP contribution < -0.4 is 10.6 Å². The van der Waals surface area contributed by atoms with Gasteiger partial charge in [-0.3, -0.25) is 5.10 Å². The molecule has 0 aliphatic carbocycles. The third-order valence-corrected chi connectivity index (χ3v) is 6.14. The van der Waals surface area contributed by atoms with E-state index >= 15 is 0 Å². The lowest BCUT2D eigenvalue weighted by Gasteiger charge is -2.33. The molecular formula is C22H24ClFN6. The topological polar surface area (TPSA) is 70.0 Å². The maximum atomic E-state index is 14.4. The minimum absolute atomic E-state index is 0.304. The monoisotopic (exact) mass is 426 g/mol. The molecule has 1 aromatic carbocycles. The van der Waals surface area contributed by atoms with Gasteiger partial charge in [0.15, 0.2) is 17.3 Å². The molecule has 30 heavy (non-hydrogen) atoms. The Bertz CT molecular complexity index is 1240. The fourth-order valence-corrected chi connectivity index (χ4v) is 5.00. The van der Waals surface area contributed by atoms with E-state index in [1.807, 2.05) is 13.0 Å². The zero-order valence-corrected chi connectivity index (χ0v) is 17.9. The molecule has 8 heteroatoms. The first-order valence-electron chi connectivity index (χ1n) is 10.2. The average Bonchev–Trinajstić information content (AvgIpc) is 3.24. The summed E-state index contributed by atoms with van der Waals surface area (Å²) in [6.45, 7) is 6.28. The van der Waals surface area contributed by atoms with Crippen molar-refractivity contribution in [2.75, 3.05) is 5.32 Å². The summed E-state index contributed by atoms with van der Waals surface area (Å²) in [5.74, 6) is 0.637. The fraction of sp³-hybridized carbons (Fsp3) is 0.364. The number of aromatic nitrogens is 4. The number of hydrogen-bond acceptors (Lipinski definition) is 4. The van der Waals surface area contributed by atoms with E-state index in [4.69, 9.17) is 11.6 Å². The molecule has 1 aliphatic rings. The first kappa shape index (κ1) is 19.3. The highest BCUT2D eigenvalue weighted by atomic mass is 35.5. The highest BCUT2D eigenvalue weighted by molar-refractivity contribution is 6.36. The number of pyridine rings is 1. The predicted octanol–water partition coefficient (Wildman–Crippen LogP) is 5.30. The standard InChI is InChI=1S/C22H24ClFN6/c1-11-4-14(5-12(2)25-11)15-6-17(23)20-19(7-15)28-29-21(20)27-16-8-18(24)22-26-13(3)9-30(22)10-16/h6-12,14,25H,4-5H2,1-3H3,(H2,27,28,29)/t11-,12+,14?. The molecule has 1 saturated heterocycles. The molecule has 3 N–H and O–H groups in total. The van der Waals surface area contributed by atoms with Gasteiger partial charge in [-0.2, -0.15) is 5.10 Å². The number of nitrogens with one attached hydrogen (secondary N) is 3.